The van der Waals surface area contributed by atoms with Crippen molar-refractivity contribution in [3.05, 3.63) is 77.3 Å². The van der Waals surface area contributed by atoms with E-state index in [4.69, 9.17) is 30.5 Å². The van der Waals surface area contributed by atoms with Gasteiger partial charge in [0.25, 0.3) is 5.91 Å². The van der Waals surface area contributed by atoms with Crippen LogP contribution in [0.1, 0.15) is 17.3 Å². The number of rotatable bonds is 11. The Kier molecular flexibility index (Phi) is 9.46. The van der Waals surface area contributed by atoms with E-state index in [1.807, 2.05) is 37.3 Å². The van der Waals surface area contributed by atoms with E-state index < -0.39 is 15.9 Å². The van der Waals surface area contributed by atoms with E-state index in [0.29, 0.717) is 49.2 Å². The fourth-order valence-electron chi connectivity index (χ4n) is 3.77. The molecule has 1 aliphatic heterocycles. The number of anilines is 1. The van der Waals surface area contributed by atoms with Crippen LogP contribution < -0.4 is 19.5 Å². The summed E-state index contributed by atoms with van der Waals surface area (Å²) in [6.07, 6.45) is 0. The monoisotopic (exact) mass is 560 g/mol. The van der Waals surface area contributed by atoms with Gasteiger partial charge in [-0.1, -0.05) is 29.8 Å². The van der Waals surface area contributed by atoms with Crippen LogP contribution in [0.2, 0.25) is 5.02 Å². The second-order valence-electron chi connectivity index (χ2n) is 8.22. The molecule has 0 aromatic heterocycles. The Labute approximate surface area is 227 Å². The first kappa shape index (κ1) is 27.7. The molecule has 11 heteroatoms. The molecule has 1 aliphatic rings. The van der Waals surface area contributed by atoms with Crippen LogP contribution in [0.5, 0.6) is 17.2 Å². The van der Waals surface area contributed by atoms with E-state index in [1.165, 1.54) is 16.4 Å². The summed E-state index contributed by atoms with van der Waals surface area (Å²) in [5.74, 6) is 1.19. The Balaban J connectivity index is 1.44. The lowest BCUT2D eigenvalue weighted by Gasteiger charge is -2.26. The summed E-state index contributed by atoms with van der Waals surface area (Å²) in [5, 5.41) is 2.81. The molecule has 0 spiro atoms. The summed E-state index contributed by atoms with van der Waals surface area (Å²) in [6, 6.07) is 18.6. The first-order valence-corrected chi connectivity index (χ1v) is 14.0. The normalized spacial score (nSPS) is 14.1. The molecular weight excluding hydrogens is 532 g/mol. The number of para-hydroxylation sites is 1. The molecule has 1 N–H and O–H groups in total. The highest BCUT2D eigenvalue weighted by atomic mass is 35.5. The Morgan fingerprint density at radius 1 is 0.947 bits per heavy atom. The van der Waals surface area contributed by atoms with Crippen molar-refractivity contribution in [1.29, 1.82) is 0 Å². The van der Waals surface area contributed by atoms with Crippen molar-refractivity contribution in [1.82, 2.24) is 4.31 Å². The van der Waals surface area contributed by atoms with E-state index in [1.54, 1.807) is 24.3 Å². The molecule has 1 amide bonds. The largest absolute Gasteiger partial charge is 0.490 e. The molecule has 0 bridgehead atoms. The van der Waals surface area contributed by atoms with Crippen molar-refractivity contribution < 1.29 is 32.2 Å². The lowest BCUT2D eigenvalue weighted by molar-refractivity contribution is 0.0730. The van der Waals surface area contributed by atoms with Gasteiger partial charge in [-0.15, -0.1) is 0 Å². The third kappa shape index (κ3) is 6.96. The summed E-state index contributed by atoms with van der Waals surface area (Å²) in [6.45, 7) is 3.94. The maximum Gasteiger partial charge on any atom is 0.255 e. The molecule has 0 aliphatic carbocycles. The number of benzene rings is 3. The van der Waals surface area contributed by atoms with E-state index in [0.717, 1.165) is 5.75 Å². The van der Waals surface area contributed by atoms with Crippen LogP contribution in [-0.2, 0) is 14.8 Å². The number of hydrogen-bond donors (Lipinski definition) is 1. The standard InChI is InChI=1S/C27H29ClN2O7S/c1-2-35-25-18-20(8-11-24(25)37-17-16-36-22-6-4-3-5-7-22)27(31)29-21-9-10-23(28)26(19-21)38(32,33)30-12-14-34-15-13-30/h3-11,18-19H,2,12-17H2,1H3,(H,29,31). The number of nitrogens with zero attached hydrogens (tertiary/aromatic N) is 1. The first-order chi connectivity index (χ1) is 18.4. The predicted molar refractivity (Wildman–Crippen MR) is 144 cm³/mol. The summed E-state index contributed by atoms with van der Waals surface area (Å²) in [7, 11) is -3.84. The molecule has 0 unspecified atom stereocenters. The Morgan fingerprint density at radius 2 is 1.68 bits per heavy atom. The van der Waals surface area contributed by atoms with Crippen LogP contribution in [0.25, 0.3) is 0 Å². The van der Waals surface area contributed by atoms with Gasteiger partial charge in [0.2, 0.25) is 10.0 Å². The number of carbonyl (C=O) groups excluding carboxylic acids is 1. The van der Waals surface area contributed by atoms with E-state index >= 15 is 0 Å². The third-order valence-electron chi connectivity index (χ3n) is 5.64. The highest BCUT2D eigenvalue weighted by Crippen LogP contribution is 2.31. The number of halogens is 1. The van der Waals surface area contributed by atoms with Crippen molar-refractivity contribution >= 4 is 33.2 Å². The zero-order valence-corrected chi connectivity index (χ0v) is 22.5. The van der Waals surface area contributed by atoms with Gasteiger partial charge in [0.15, 0.2) is 11.5 Å². The van der Waals surface area contributed by atoms with E-state index in [9.17, 15) is 13.2 Å². The molecule has 9 nitrogen and oxygen atoms in total. The van der Waals surface area contributed by atoms with Gasteiger partial charge >= 0.3 is 0 Å². The van der Waals surface area contributed by atoms with Crippen molar-refractivity contribution in [3.63, 3.8) is 0 Å². The molecule has 3 aromatic rings. The lowest BCUT2D eigenvalue weighted by Crippen LogP contribution is -2.40. The molecule has 4 rings (SSSR count). The molecular formula is C27H29ClN2O7S. The lowest BCUT2D eigenvalue weighted by atomic mass is 10.2. The number of hydrogen-bond acceptors (Lipinski definition) is 7. The SMILES string of the molecule is CCOc1cc(C(=O)Nc2ccc(Cl)c(S(=O)(=O)N3CCOCC3)c2)ccc1OCCOc1ccccc1. The highest BCUT2D eigenvalue weighted by molar-refractivity contribution is 7.89. The number of carbonyl (C=O) groups is 1. The third-order valence-corrected chi connectivity index (χ3v) is 8.02. The highest BCUT2D eigenvalue weighted by Gasteiger charge is 2.28. The zero-order chi connectivity index (χ0) is 27.0. The second-order valence-corrected chi connectivity index (χ2v) is 10.5. The van der Waals surface area contributed by atoms with Gasteiger partial charge < -0.3 is 24.3 Å². The van der Waals surface area contributed by atoms with Crippen LogP contribution in [0.4, 0.5) is 5.69 Å². The second kappa shape index (κ2) is 13.0. The number of amides is 1. The van der Waals surface area contributed by atoms with Crippen molar-refractivity contribution in [2.75, 3.05) is 51.4 Å². The van der Waals surface area contributed by atoms with Crippen LogP contribution in [0.3, 0.4) is 0 Å². The maximum absolute atomic E-state index is 13.1. The molecule has 0 saturated carbocycles. The molecule has 0 radical (unpaired) electrons. The number of morpholine rings is 1. The Hall–Kier alpha value is -3.31. The quantitative estimate of drug-likeness (QED) is 0.345. The van der Waals surface area contributed by atoms with Gasteiger partial charge in [-0.25, -0.2) is 8.42 Å². The summed E-state index contributed by atoms with van der Waals surface area (Å²) >= 11 is 6.22. The topological polar surface area (TPSA) is 103 Å². The van der Waals surface area contributed by atoms with E-state index in [2.05, 4.69) is 5.32 Å². The van der Waals surface area contributed by atoms with Gasteiger partial charge in [0.05, 0.1) is 24.8 Å². The molecule has 3 aromatic carbocycles. The van der Waals surface area contributed by atoms with Crippen molar-refractivity contribution in [2.45, 2.75) is 11.8 Å². The molecule has 1 fully saturated rings. The van der Waals surface area contributed by atoms with Gasteiger partial charge in [-0.05, 0) is 55.5 Å². The fourth-order valence-corrected chi connectivity index (χ4v) is 5.68. The van der Waals surface area contributed by atoms with Gasteiger partial charge in [-0.3, -0.25) is 4.79 Å². The molecule has 0 atom stereocenters. The van der Waals surface area contributed by atoms with Gasteiger partial charge in [0, 0.05) is 24.3 Å². The van der Waals surface area contributed by atoms with Crippen LogP contribution in [-0.4, -0.2) is 64.8 Å². The summed E-state index contributed by atoms with van der Waals surface area (Å²) < 4.78 is 49.9. The van der Waals surface area contributed by atoms with Crippen molar-refractivity contribution in [2.24, 2.45) is 0 Å². The predicted octanol–water partition coefficient (Wildman–Crippen LogP) is 4.47. The van der Waals surface area contributed by atoms with Crippen LogP contribution >= 0.6 is 11.6 Å². The zero-order valence-electron chi connectivity index (χ0n) is 20.9. The molecule has 1 heterocycles. The van der Waals surface area contributed by atoms with Gasteiger partial charge in [-0.2, -0.15) is 4.31 Å². The van der Waals surface area contributed by atoms with E-state index in [-0.39, 0.29) is 29.6 Å². The number of ether oxygens (including phenoxy) is 4. The number of sulfonamides is 1. The Morgan fingerprint density at radius 3 is 2.42 bits per heavy atom. The minimum absolute atomic E-state index is 0.0738. The first-order valence-electron chi connectivity index (χ1n) is 12.1. The van der Waals surface area contributed by atoms with Crippen LogP contribution in [0, 0.1) is 0 Å². The average molecular weight is 561 g/mol. The molecule has 202 valence electrons. The fraction of sp³-hybridized carbons (Fsp3) is 0.296. The smallest absolute Gasteiger partial charge is 0.255 e. The average Bonchev–Trinajstić information content (AvgIpc) is 2.94. The Bertz CT molecular complexity index is 1350. The molecule has 38 heavy (non-hydrogen) atoms. The van der Waals surface area contributed by atoms with Crippen LogP contribution in [0.15, 0.2) is 71.6 Å². The summed E-state index contributed by atoms with van der Waals surface area (Å²) in [5.41, 5.74) is 0.608. The van der Waals surface area contributed by atoms with Crippen molar-refractivity contribution in [3.8, 4) is 17.2 Å². The maximum atomic E-state index is 13.1. The minimum atomic E-state index is -3.84. The molecule has 1 saturated heterocycles. The number of nitrogens with one attached hydrogen (secondary N) is 1. The van der Waals surface area contributed by atoms with Gasteiger partial charge in [0.1, 0.15) is 23.9 Å². The summed E-state index contributed by atoms with van der Waals surface area (Å²) in [4.78, 5) is 12.9. The minimum Gasteiger partial charge on any atom is -0.490 e.